The van der Waals surface area contributed by atoms with Gasteiger partial charge in [0.1, 0.15) is 4.88 Å². The fourth-order valence-electron chi connectivity index (χ4n) is 0.854. The van der Waals surface area contributed by atoms with Crippen LogP contribution < -0.4 is 4.78 Å². The third kappa shape index (κ3) is 1.21. The van der Waals surface area contributed by atoms with E-state index in [2.05, 4.69) is 0 Å². The van der Waals surface area contributed by atoms with Gasteiger partial charge in [0.15, 0.2) is 7.85 Å². The molecule has 0 radical (unpaired) electrons. The van der Waals surface area contributed by atoms with Crippen LogP contribution in [0.4, 0.5) is 0 Å². The molecule has 52 valence electrons. The first-order valence-electron chi connectivity index (χ1n) is 2.91. The molecule has 0 aromatic carbocycles. The number of hydrogen-bond donors (Lipinski definition) is 1. The second kappa shape index (κ2) is 2.46. The van der Waals surface area contributed by atoms with E-state index in [4.69, 9.17) is 5.11 Å². The normalized spacial score (nSPS) is 9.70. The van der Waals surface area contributed by atoms with Gasteiger partial charge in [0.2, 0.25) is 0 Å². The van der Waals surface area contributed by atoms with Crippen LogP contribution in [-0.4, -0.2) is 18.9 Å². The molecule has 0 atom stereocenters. The highest BCUT2D eigenvalue weighted by Crippen LogP contribution is 2.11. The van der Waals surface area contributed by atoms with Crippen LogP contribution in [0.3, 0.4) is 0 Å². The van der Waals surface area contributed by atoms with Crippen molar-refractivity contribution in [3.63, 3.8) is 0 Å². The van der Waals surface area contributed by atoms with Crippen molar-refractivity contribution in [2.45, 2.75) is 6.92 Å². The van der Waals surface area contributed by atoms with Crippen LogP contribution in [0.15, 0.2) is 6.07 Å². The van der Waals surface area contributed by atoms with E-state index in [1.54, 1.807) is 0 Å². The van der Waals surface area contributed by atoms with Gasteiger partial charge in [0.25, 0.3) is 0 Å². The van der Waals surface area contributed by atoms with Gasteiger partial charge in [-0.2, -0.15) is 0 Å². The fourth-order valence-corrected chi connectivity index (χ4v) is 1.72. The molecule has 0 spiro atoms. The van der Waals surface area contributed by atoms with Gasteiger partial charge in [-0.05, 0) is 17.3 Å². The molecular weight excluding hydrogens is 147 g/mol. The fraction of sp³-hybridized carbons (Fsp3) is 0.167. The molecule has 10 heavy (non-hydrogen) atoms. The molecule has 1 aromatic rings. The number of carboxylic acids is 1. The number of aryl methyl sites for hydroxylation is 1. The molecule has 4 heteroatoms. The van der Waals surface area contributed by atoms with Gasteiger partial charge >= 0.3 is 5.97 Å². The number of thiophene rings is 1. The maximum absolute atomic E-state index is 10.4. The summed E-state index contributed by atoms with van der Waals surface area (Å²) in [7, 11) is 1.91. The minimum Gasteiger partial charge on any atom is -0.477 e. The van der Waals surface area contributed by atoms with Gasteiger partial charge in [-0.3, -0.25) is 0 Å². The van der Waals surface area contributed by atoms with Crippen LogP contribution in [-0.2, 0) is 0 Å². The lowest BCUT2D eigenvalue weighted by Gasteiger charge is -1.86. The smallest absolute Gasteiger partial charge is 0.346 e. The Labute approximate surface area is 63.9 Å². The van der Waals surface area contributed by atoms with Crippen molar-refractivity contribution in [1.29, 1.82) is 0 Å². The molecule has 0 aliphatic heterocycles. The summed E-state index contributed by atoms with van der Waals surface area (Å²) >= 11 is 1.32. The van der Waals surface area contributed by atoms with Crippen LogP contribution in [0.25, 0.3) is 0 Å². The van der Waals surface area contributed by atoms with E-state index >= 15 is 0 Å². The Hall–Kier alpha value is -0.765. The lowest BCUT2D eigenvalue weighted by atomic mass is 10.1. The highest BCUT2D eigenvalue weighted by molar-refractivity contribution is 7.21. The highest BCUT2D eigenvalue weighted by atomic mass is 32.1. The number of carbonyl (C=O) groups is 1. The van der Waals surface area contributed by atoms with Gasteiger partial charge in [0, 0.05) is 0 Å². The minimum atomic E-state index is -0.824. The van der Waals surface area contributed by atoms with Gasteiger partial charge in [-0.15, -0.1) is 11.3 Å². The van der Waals surface area contributed by atoms with Crippen LogP contribution in [0, 0.1) is 6.92 Å². The Morgan fingerprint density at radius 1 is 1.80 bits per heavy atom. The van der Waals surface area contributed by atoms with Crippen molar-refractivity contribution in [2.75, 3.05) is 0 Å². The summed E-state index contributed by atoms with van der Waals surface area (Å²) in [6, 6.07) is 1.88. The first-order valence-corrected chi connectivity index (χ1v) is 3.73. The number of carboxylic acid groups (broad SMARTS) is 1. The monoisotopic (exact) mass is 154 g/mol. The van der Waals surface area contributed by atoms with Crippen molar-refractivity contribution in [2.24, 2.45) is 0 Å². The summed E-state index contributed by atoms with van der Waals surface area (Å²) in [5.74, 6) is -0.824. The zero-order valence-corrected chi connectivity index (χ0v) is 6.66. The molecule has 0 saturated heterocycles. The predicted octanol–water partition coefficient (Wildman–Crippen LogP) is 0.0131. The first kappa shape index (κ1) is 7.34. The third-order valence-corrected chi connectivity index (χ3v) is 2.38. The van der Waals surface area contributed by atoms with Crippen LogP contribution in [0.1, 0.15) is 15.2 Å². The van der Waals surface area contributed by atoms with E-state index in [1.807, 2.05) is 20.8 Å². The summed E-state index contributed by atoms with van der Waals surface area (Å²) in [5.41, 5.74) is 0.856. The maximum Gasteiger partial charge on any atom is 0.346 e. The molecule has 0 bridgehead atoms. The Morgan fingerprint density at radius 2 is 2.40 bits per heavy atom. The summed E-state index contributed by atoms with van der Waals surface area (Å²) < 4.78 is 1.05. The first-order chi connectivity index (χ1) is 4.61. The van der Waals surface area contributed by atoms with Crippen LogP contribution >= 0.6 is 11.3 Å². The van der Waals surface area contributed by atoms with Gasteiger partial charge in [-0.1, -0.05) is 6.07 Å². The summed E-state index contributed by atoms with van der Waals surface area (Å²) in [6.45, 7) is 1.81. The molecule has 1 heterocycles. The standard InChI is InChI=1S/C6H7BO2S/c1-3-2-4(7)10-5(3)6(8)9/h2H,7H2,1H3,(H,8,9). The third-order valence-electron chi connectivity index (χ3n) is 1.24. The Morgan fingerprint density at radius 3 is 2.60 bits per heavy atom. The van der Waals surface area contributed by atoms with Gasteiger partial charge < -0.3 is 5.11 Å². The summed E-state index contributed by atoms with van der Waals surface area (Å²) in [6.07, 6.45) is 0. The molecule has 1 rings (SSSR count). The number of aromatic carboxylic acids is 1. The number of hydrogen-bond acceptors (Lipinski definition) is 2. The molecule has 0 saturated carbocycles. The van der Waals surface area contributed by atoms with Crippen molar-refractivity contribution in [1.82, 2.24) is 0 Å². The van der Waals surface area contributed by atoms with Crippen molar-refractivity contribution in [3.05, 3.63) is 16.5 Å². The van der Waals surface area contributed by atoms with Gasteiger partial charge in [0.05, 0.1) is 0 Å². The Balaban J connectivity index is 3.15. The van der Waals surface area contributed by atoms with E-state index in [0.717, 1.165) is 10.3 Å². The van der Waals surface area contributed by atoms with Gasteiger partial charge in [-0.25, -0.2) is 4.79 Å². The minimum absolute atomic E-state index is 0.456. The van der Waals surface area contributed by atoms with E-state index in [1.165, 1.54) is 11.3 Å². The molecule has 0 aliphatic rings. The molecular formula is C6H7BO2S. The van der Waals surface area contributed by atoms with Crippen molar-refractivity contribution >= 4 is 29.9 Å². The molecule has 0 unspecified atom stereocenters. The zero-order chi connectivity index (χ0) is 7.72. The zero-order valence-electron chi connectivity index (χ0n) is 5.84. The second-order valence-corrected chi connectivity index (χ2v) is 3.43. The lowest BCUT2D eigenvalue weighted by molar-refractivity contribution is 0.0701. The predicted molar refractivity (Wildman–Crippen MR) is 44.2 cm³/mol. The SMILES string of the molecule is Bc1cc(C)c(C(=O)O)s1. The van der Waals surface area contributed by atoms with Crippen molar-refractivity contribution < 1.29 is 9.90 Å². The van der Waals surface area contributed by atoms with E-state index in [9.17, 15) is 4.79 Å². The van der Waals surface area contributed by atoms with Crippen LogP contribution in [0.2, 0.25) is 0 Å². The average molecular weight is 154 g/mol. The van der Waals surface area contributed by atoms with E-state index < -0.39 is 5.97 Å². The summed E-state index contributed by atoms with van der Waals surface area (Å²) in [4.78, 5) is 10.9. The topological polar surface area (TPSA) is 37.3 Å². The highest BCUT2D eigenvalue weighted by Gasteiger charge is 2.08. The molecule has 0 amide bonds. The van der Waals surface area contributed by atoms with Crippen molar-refractivity contribution in [3.8, 4) is 0 Å². The Bertz CT molecular complexity index is 267. The average Bonchev–Trinajstić information content (AvgIpc) is 2.10. The molecule has 2 nitrogen and oxygen atoms in total. The lowest BCUT2D eigenvalue weighted by Crippen LogP contribution is -1.93. The largest absolute Gasteiger partial charge is 0.477 e. The molecule has 0 fully saturated rings. The molecule has 1 N–H and O–H groups in total. The van der Waals surface area contributed by atoms with E-state index in [0.29, 0.717) is 4.88 Å². The quantitative estimate of drug-likeness (QED) is 0.578. The summed E-state index contributed by atoms with van der Waals surface area (Å²) in [5, 5.41) is 8.59. The number of rotatable bonds is 1. The van der Waals surface area contributed by atoms with Crippen LogP contribution in [0.5, 0.6) is 0 Å². The van der Waals surface area contributed by atoms with E-state index in [-0.39, 0.29) is 0 Å². The molecule has 0 aliphatic carbocycles. The second-order valence-electron chi connectivity index (χ2n) is 2.17. The maximum atomic E-state index is 10.4. The molecule has 1 aromatic heterocycles. The Kier molecular flexibility index (Phi) is 1.81.